The zero-order valence-electron chi connectivity index (χ0n) is 20.4. The highest BCUT2D eigenvalue weighted by Gasteiger charge is 2.46. The van der Waals surface area contributed by atoms with Crippen molar-refractivity contribution in [2.75, 3.05) is 6.54 Å². The van der Waals surface area contributed by atoms with Crippen LogP contribution in [-0.2, 0) is 10.3 Å². The minimum absolute atomic E-state index is 0.163. The van der Waals surface area contributed by atoms with E-state index in [1.54, 1.807) is 18.7 Å². The fourth-order valence-corrected chi connectivity index (χ4v) is 5.19. The fourth-order valence-electron chi connectivity index (χ4n) is 5.19. The number of hydrogen-bond donors (Lipinski definition) is 2. The molecule has 0 spiro atoms. The van der Waals surface area contributed by atoms with Crippen LogP contribution in [0.2, 0.25) is 0 Å². The maximum Gasteiger partial charge on any atom is 0.411 e. The topological polar surface area (TPSA) is 70.0 Å². The van der Waals surface area contributed by atoms with Crippen molar-refractivity contribution in [3.05, 3.63) is 71.3 Å². The van der Waals surface area contributed by atoms with Crippen molar-refractivity contribution in [3.63, 3.8) is 0 Å². The maximum absolute atomic E-state index is 13.2. The molecule has 2 aromatic carbocycles. The molecule has 0 bridgehead atoms. The highest BCUT2D eigenvalue weighted by molar-refractivity contribution is 5.70. The van der Waals surface area contributed by atoms with Crippen LogP contribution in [0.4, 0.5) is 4.79 Å². The largest absolute Gasteiger partial charge is 0.438 e. The zero-order chi connectivity index (χ0) is 24.4. The number of amides is 1. The molecule has 34 heavy (non-hydrogen) atoms. The van der Waals surface area contributed by atoms with Crippen LogP contribution in [-0.4, -0.2) is 39.0 Å². The second-order valence-corrected chi connectivity index (χ2v) is 10.4. The molecule has 1 aliphatic carbocycles. The quantitative estimate of drug-likeness (QED) is 0.593. The van der Waals surface area contributed by atoms with Gasteiger partial charge in [-0.2, -0.15) is 0 Å². The maximum atomic E-state index is 13.2. The predicted molar refractivity (Wildman–Crippen MR) is 132 cm³/mol. The standard InChI is InChI=1S/C29H35NO4/c1-22(24-13-11-23(12-14-24)15-18-28(33)16-7-8-17-28)30-20-19-29(34-26(30)31,21-27(2,3)32)25-9-5-4-6-10-25/h4-6,9-14,22,32-33H,7-8,16-17,19-21H2,1-3H3/t22-,29?/m0/s1. The number of ether oxygens (including phenoxy) is 1. The van der Waals surface area contributed by atoms with Crippen molar-refractivity contribution in [1.82, 2.24) is 4.90 Å². The van der Waals surface area contributed by atoms with Gasteiger partial charge in [0.25, 0.3) is 0 Å². The molecule has 1 unspecified atom stereocenters. The number of carbonyl (C=O) groups excluding carboxylic acids is 1. The van der Waals surface area contributed by atoms with Gasteiger partial charge in [0.2, 0.25) is 0 Å². The molecule has 5 heteroatoms. The number of aliphatic hydroxyl groups is 2. The summed E-state index contributed by atoms with van der Waals surface area (Å²) in [6, 6.07) is 17.4. The van der Waals surface area contributed by atoms with Crippen molar-refractivity contribution < 1.29 is 19.7 Å². The summed E-state index contributed by atoms with van der Waals surface area (Å²) in [5.41, 5.74) is 0.0732. The SMILES string of the molecule is C[C@@H](c1ccc(C#CC2(O)CCCC2)cc1)N1CCC(CC(C)(C)O)(c2ccccc2)OC1=O. The van der Waals surface area contributed by atoms with Crippen LogP contribution in [0.1, 0.15) is 82.0 Å². The van der Waals surface area contributed by atoms with E-state index in [1.165, 1.54) is 0 Å². The van der Waals surface area contributed by atoms with Crippen molar-refractivity contribution >= 4 is 6.09 Å². The van der Waals surface area contributed by atoms with Crippen molar-refractivity contribution in [1.29, 1.82) is 0 Å². The Labute approximate surface area is 202 Å². The van der Waals surface area contributed by atoms with E-state index in [4.69, 9.17) is 4.74 Å². The Bertz CT molecular complexity index is 1060. The first-order chi connectivity index (χ1) is 16.1. The fraction of sp³-hybridized carbons (Fsp3) is 0.483. The van der Waals surface area contributed by atoms with E-state index in [1.807, 2.05) is 61.5 Å². The summed E-state index contributed by atoms with van der Waals surface area (Å²) < 4.78 is 6.10. The summed E-state index contributed by atoms with van der Waals surface area (Å²) in [4.78, 5) is 15.0. The van der Waals surface area contributed by atoms with E-state index >= 15 is 0 Å². The average molecular weight is 462 g/mol. The predicted octanol–water partition coefficient (Wildman–Crippen LogP) is 5.30. The van der Waals surface area contributed by atoms with E-state index in [0.717, 1.165) is 42.4 Å². The molecule has 2 fully saturated rings. The lowest BCUT2D eigenvalue weighted by molar-refractivity contribution is -0.101. The van der Waals surface area contributed by atoms with Gasteiger partial charge < -0.3 is 19.8 Å². The first-order valence-corrected chi connectivity index (χ1v) is 12.2. The van der Waals surface area contributed by atoms with Crippen LogP contribution in [0.15, 0.2) is 54.6 Å². The summed E-state index contributed by atoms with van der Waals surface area (Å²) in [6.45, 7) is 6.01. The van der Waals surface area contributed by atoms with E-state index in [9.17, 15) is 15.0 Å². The molecular weight excluding hydrogens is 426 g/mol. The van der Waals surface area contributed by atoms with Crippen LogP contribution < -0.4 is 0 Å². The lowest BCUT2D eigenvalue weighted by atomic mass is 9.80. The highest BCUT2D eigenvalue weighted by Crippen LogP contribution is 2.42. The summed E-state index contributed by atoms with van der Waals surface area (Å²) in [5, 5.41) is 21.0. The van der Waals surface area contributed by atoms with Crippen LogP contribution in [0.5, 0.6) is 0 Å². The van der Waals surface area contributed by atoms with Gasteiger partial charge in [-0.05, 0) is 69.7 Å². The molecule has 0 aromatic heterocycles. The monoisotopic (exact) mass is 461 g/mol. The van der Waals surface area contributed by atoms with E-state index in [0.29, 0.717) is 19.4 Å². The number of hydrogen-bond acceptors (Lipinski definition) is 4. The Morgan fingerprint density at radius 2 is 1.71 bits per heavy atom. The molecule has 4 rings (SSSR count). The Hall–Kier alpha value is -2.81. The van der Waals surface area contributed by atoms with Gasteiger partial charge in [0.05, 0.1) is 11.6 Å². The summed E-state index contributed by atoms with van der Waals surface area (Å²) >= 11 is 0. The Balaban J connectivity index is 1.48. The van der Waals surface area contributed by atoms with Crippen LogP contribution in [0.3, 0.4) is 0 Å². The van der Waals surface area contributed by atoms with Crippen molar-refractivity contribution in [2.24, 2.45) is 0 Å². The van der Waals surface area contributed by atoms with Gasteiger partial charge in [-0.3, -0.25) is 0 Å². The third kappa shape index (κ3) is 5.46. The minimum Gasteiger partial charge on any atom is -0.438 e. The number of benzene rings is 2. The average Bonchev–Trinajstić information content (AvgIpc) is 3.24. The second kappa shape index (κ2) is 9.44. The minimum atomic E-state index is -0.980. The number of cyclic esters (lactones) is 1. The molecule has 0 radical (unpaired) electrons. The molecular formula is C29H35NO4. The van der Waals surface area contributed by atoms with Gasteiger partial charge >= 0.3 is 6.09 Å². The number of rotatable bonds is 5. The lowest BCUT2D eigenvalue weighted by Crippen LogP contribution is -2.51. The third-order valence-corrected chi connectivity index (χ3v) is 7.02. The van der Waals surface area contributed by atoms with E-state index < -0.39 is 16.8 Å². The molecule has 1 saturated heterocycles. The Morgan fingerprint density at radius 1 is 1.06 bits per heavy atom. The Kier molecular flexibility index (Phi) is 6.75. The highest BCUT2D eigenvalue weighted by atomic mass is 16.6. The van der Waals surface area contributed by atoms with Crippen LogP contribution >= 0.6 is 0 Å². The number of carbonyl (C=O) groups is 1. The van der Waals surface area contributed by atoms with Crippen molar-refractivity contribution in [3.8, 4) is 11.8 Å². The molecule has 5 nitrogen and oxygen atoms in total. The van der Waals surface area contributed by atoms with Gasteiger partial charge in [-0.1, -0.05) is 54.3 Å². The van der Waals surface area contributed by atoms with Crippen LogP contribution in [0.25, 0.3) is 0 Å². The molecule has 2 aliphatic rings. The van der Waals surface area contributed by atoms with E-state index in [-0.39, 0.29) is 12.1 Å². The molecule has 1 amide bonds. The normalized spacial score (nSPS) is 23.1. The molecule has 2 atom stereocenters. The summed E-state index contributed by atoms with van der Waals surface area (Å²) in [6.07, 6.45) is 4.08. The lowest BCUT2D eigenvalue weighted by Gasteiger charge is -2.45. The van der Waals surface area contributed by atoms with Crippen molar-refractivity contribution in [2.45, 2.75) is 82.1 Å². The smallest absolute Gasteiger partial charge is 0.411 e. The van der Waals surface area contributed by atoms with Gasteiger partial charge in [0.1, 0.15) is 11.2 Å². The van der Waals surface area contributed by atoms with E-state index in [2.05, 4.69) is 11.8 Å². The molecule has 1 aliphatic heterocycles. The van der Waals surface area contributed by atoms with Gasteiger partial charge in [-0.25, -0.2) is 4.79 Å². The first kappa shape index (κ1) is 24.3. The van der Waals surface area contributed by atoms with Gasteiger partial charge in [-0.15, -0.1) is 0 Å². The van der Waals surface area contributed by atoms with Gasteiger partial charge in [0, 0.05) is 24.9 Å². The molecule has 180 valence electrons. The number of nitrogens with zero attached hydrogens (tertiary/aromatic N) is 1. The third-order valence-electron chi connectivity index (χ3n) is 7.02. The molecule has 2 aromatic rings. The first-order valence-electron chi connectivity index (χ1n) is 12.2. The van der Waals surface area contributed by atoms with Gasteiger partial charge in [0.15, 0.2) is 0 Å². The molecule has 1 saturated carbocycles. The summed E-state index contributed by atoms with van der Waals surface area (Å²) in [7, 11) is 0. The molecule has 2 N–H and O–H groups in total. The Morgan fingerprint density at radius 3 is 2.29 bits per heavy atom. The molecule has 1 heterocycles. The zero-order valence-corrected chi connectivity index (χ0v) is 20.4. The second-order valence-electron chi connectivity index (χ2n) is 10.4. The summed E-state index contributed by atoms with van der Waals surface area (Å²) in [5.74, 6) is 6.14. The van der Waals surface area contributed by atoms with Crippen LogP contribution in [0, 0.1) is 11.8 Å².